The van der Waals surface area contributed by atoms with E-state index in [-0.39, 0.29) is 11.4 Å². The molecule has 1 aromatic carbocycles. The highest BCUT2D eigenvalue weighted by Crippen LogP contribution is 2.43. The van der Waals surface area contributed by atoms with Crippen LogP contribution in [0.3, 0.4) is 0 Å². The SMILES string of the molecule is CC(O)Oc1ccc2ncc(C(=N)/C=C3\NCCC34CCN(C(=O)NC(C)(C)c3ccccn3)C4)cc2c1. The molecule has 2 fully saturated rings. The number of benzene rings is 1. The van der Waals surface area contributed by atoms with Crippen LogP contribution in [0.1, 0.15) is 44.9 Å². The summed E-state index contributed by atoms with van der Waals surface area (Å²) in [4.78, 5) is 24.0. The van der Waals surface area contributed by atoms with Crippen molar-refractivity contribution in [1.82, 2.24) is 25.5 Å². The molecular weight excluding hydrogens is 480 g/mol. The minimum Gasteiger partial charge on any atom is -0.465 e. The summed E-state index contributed by atoms with van der Waals surface area (Å²) in [5.41, 5.74) is 2.85. The van der Waals surface area contributed by atoms with Crippen LogP contribution in [-0.2, 0) is 5.54 Å². The standard InChI is InChI=1S/C29H34N6O3/c1-19(36)38-22-7-8-24-20(15-22)14-21(17-33-24)23(30)16-26-29(9-12-32-26)10-13-35(18-29)27(37)34-28(2,3)25-6-4-5-11-31-25/h4-8,11,14-17,19,30,32,36H,9-10,12-13,18H2,1-3H3,(H,34,37)/b26-16-,30-23?. The van der Waals surface area contributed by atoms with E-state index in [2.05, 4.69) is 20.6 Å². The molecule has 9 heteroatoms. The number of rotatable bonds is 6. The fourth-order valence-corrected chi connectivity index (χ4v) is 5.33. The summed E-state index contributed by atoms with van der Waals surface area (Å²) in [5, 5.41) is 25.8. The number of hydrogen-bond acceptors (Lipinski definition) is 7. The molecule has 0 saturated carbocycles. The first kappa shape index (κ1) is 25.7. The van der Waals surface area contributed by atoms with Crippen molar-refractivity contribution in [2.75, 3.05) is 19.6 Å². The number of carbonyl (C=O) groups is 1. The smallest absolute Gasteiger partial charge is 0.318 e. The first-order valence-corrected chi connectivity index (χ1v) is 12.9. The summed E-state index contributed by atoms with van der Waals surface area (Å²) in [5.74, 6) is 0.545. The van der Waals surface area contributed by atoms with Gasteiger partial charge in [0.1, 0.15) is 5.75 Å². The van der Waals surface area contributed by atoms with Gasteiger partial charge in [-0.3, -0.25) is 9.97 Å². The molecule has 0 aliphatic carbocycles. The maximum Gasteiger partial charge on any atom is 0.318 e. The van der Waals surface area contributed by atoms with Gasteiger partial charge in [-0.15, -0.1) is 0 Å². The maximum absolute atomic E-state index is 13.2. The normalized spacial score (nSPS) is 21.1. The Morgan fingerprint density at radius 2 is 2.11 bits per heavy atom. The molecule has 2 aromatic heterocycles. The number of aliphatic hydroxyl groups is 1. The molecule has 4 heterocycles. The Morgan fingerprint density at radius 1 is 1.26 bits per heavy atom. The monoisotopic (exact) mass is 514 g/mol. The molecule has 2 amide bonds. The number of allylic oxidation sites excluding steroid dienone is 1. The highest BCUT2D eigenvalue weighted by molar-refractivity contribution is 6.08. The molecule has 9 nitrogen and oxygen atoms in total. The van der Waals surface area contributed by atoms with Crippen molar-refractivity contribution < 1.29 is 14.6 Å². The highest BCUT2D eigenvalue weighted by atomic mass is 16.6. The second-order valence-corrected chi connectivity index (χ2v) is 10.7. The lowest BCUT2D eigenvalue weighted by molar-refractivity contribution is -0.000191. The van der Waals surface area contributed by atoms with E-state index in [1.165, 1.54) is 0 Å². The number of fused-ring (bicyclic) bond motifs is 1. The number of hydrogen-bond donors (Lipinski definition) is 4. The number of nitrogens with one attached hydrogen (secondary N) is 3. The Labute approximate surface area is 222 Å². The summed E-state index contributed by atoms with van der Waals surface area (Å²) >= 11 is 0. The average Bonchev–Trinajstić information content (AvgIpc) is 3.50. The molecule has 2 saturated heterocycles. The molecule has 2 unspecified atom stereocenters. The fourth-order valence-electron chi connectivity index (χ4n) is 5.33. The number of ether oxygens (including phenoxy) is 1. The van der Waals surface area contributed by atoms with Gasteiger partial charge in [0.05, 0.1) is 22.5 Å². The summed E-state index contributed by atoms with van der Waals surface area (Å²) in [7, 11) is 0. The van der Waals surface area contributed by atoms with Crippen LogP contribution < -0.4 is 15.4 Å². The molecule has 3 aromatic rings. The number of pyridine rings is 2. The molecule has 0 bridgehead atoms. The lowest BCUT2D eigenvalue weighted by atomic mass is 9.82. The number of carbonyl (C=O) groups excluding carboxylic acids is 1. The molecule has 2 atom stereocenters. The highest BCUT2D eigenvalue weighted by Gasteiger charge is 2.46. The Bertz CT molecular complexity index is 1390. The van der Waals surface area contributed by atoms with Gasteiger partial charge in [0, 0.05) is 54.1 Å². The van der Waals surface area contributed by atoms with E-state index >= 15 is 0 Å². The second kappa shape index (κ2) is 10.1. The van der Waals surface area contributed by atoms with Gasteiger partial charge >= 0.3 is 6.03 Å². The van der Waals surface area contributed by atoms with Crippen molar-refractivity contribution in [1.29, 1.82) is 5.41 Å². The molecule has 198 valence electrons. The third-order valence-electron chi connectivity index (χ3n) is 7.42. The second-order valence-electron chi connectivity index (χ2n) is 10.7. The lowest BCUT2D eigenvalue weighted by Crippen LogP contribution is -2.48. The fraction of sp³-hybridized carbons (Fsp3) is 0.379. The zero-order valence-electron chi connectivity index (χ0n) is 22.0. The molecule has 4 N–H and O–H groups in total. The van der Waals surface area contributed by atoms with Crippen molar-refractivity contribution >= 4 is 22.6 Å². The van der Waals surface area contributed by atoms with Gasteiger partial charge in [0.2, 0.25) is 0 Å². The van der Waals surface area contributed by atoms with Crippen LogP contribution in [0.2, 0.25) is 0 Å². The topological polar surface area (TPSA) is 123 Å². The van der Waals surface area contributed by atoms with Gasteiger partial charge in [-0.05, 0) is 76.1 Å². The minimum atomic E-state index is -0.912. The molecule has 0 radical (unpaired) electrons. The van der Waals surface area contributed by atoms with E-state index in [4.69, 9.17) is 10.1 Å². The van der Waals surface area contributed by atoms with Crippen LogP contribution in [0.25, 0.3) is 10.9 Å². The van der Waals surface area contributed by atoms with Gasteiger partial charge in [0.25, 0.3) is 0 Å². The maximum atomic E-state index is 13.2. The number of aromatic nitrogens is 2. The van der Waals surface area contributed by atoms with E-state index in [0.29, 0.717) is 30.1 Å². The van der Waals surface area contributed by atoms with Crippen molar-refractivity contribution in [3.05, 3.63) is 77.9 Å². The molecular formula is C29H34N6O3. The van der Waals surface area contributed by atoms with Crippen molar-refractivity contribution in [2.24, 2.45) is 5.41 Å². The third kappa shape index (κ3) is 5.19. The van der Waals surface area contributed by atoms with Crippen LogP contribution >= 0.6 is 0 Å². The van der Waals surface area contributed by atoms with Crippen LogP contribution in [0.5, 0.6) is 5.75 Å². The Balaban J connectivity index is 1.31. The predicted molar refractivity (Wildman–Crippen MR) is 146 cm³/mol. The summed E-state index contributed by atoms with van der Waals surface area (Å²) < 4.78 is 5.39. The van der Waals surface area contributed by atoms with E-state index < -0.39 is 11.8 Å². The Hall–Kier alpha value is -3.98. The van der Waals surface area contributed by atoms with Crippen LogP contribution in [-0.4, -0.2) is 57.6 Å². The zero-order chi connectivity index (χ0) is 26.9. The van der Waals surface area contributed by atoms with Gasteiger partial charge < -0.3 is 30.8 Å². The van der Waals surface area contributed by atoms with Gasteiger partial charge in [-0.1, -0.05) is 6.07 Å². The number of aliphatic hydroxyl groups excluding tert-OH is 1. The largest absolute Gasteiger partial charge is 0.465 e. The molecule has 2 aliphatic rings. The average molecular weight is 515 g/mol. The lowest BCUT2D eigenvalue weighted by Gasteiger charge is -2.30. The first-order chi connectivity index (χ1) is 18.1. The summed E-state index contributed by atoms with van der Waals surface area (Å²) in [6, 6.07) is 12.9. The van der Waals surface area contributed by atoms with E-state index in [0.717, 1.165) is 41.7 Å². The van der Waals surface area contributed by atoms with Crippen LogP contribution in [0.15, 0.2) is 66.6 Å². The quantitative estimate of drug-likeness (QED) is 0.292. The zero-order valence-corrected chi connectivity index (χ0v) is 22.0. The van der Waals surface area contributed by atoms with Crippen molar-refractivity contribution in [2.45, 2.75) is 45.4 Å². The van der Waals surface area contributed by atoms with Crippen molar-refractivity contribution in [3.8, 4) is 5.75 Å². The molecule has 2 aliphatic heterocycles. The molecule has 38 heavy (non-hydrogen) atoms. The number of likely N-dealkylation sites (tertiary alicyclic amines) is 1. The number of urea groups is 1. The van der Waals surface area contributed by atoms with E-state index in [9.17, 15) is 9.90 Å². The van der Waals surface area contributed by atoms with Crippen molar-refractivity contribution in [3.63, 3.8) is 0 Å². The third-order valence-corrected chi connectivity index (χ3v) is 7.42. The Morgan fingerprint density at radius 3 is 2.87 bits per heavy atom. The van der Waals surface area contributed by atoms with E-state index in [1.807, 2.05) is 61.2 Å². The van der Waals surface area contributed by atoms with E-state index in [1.54, 1.807) is 25.4 Å². The van der Waals surface area contributed by atoms with Crippen LogP contribution in [0, 0.1) is 10.8 Å². The van der Waals surface area contributed by atoms with Gasteiger partial charge in [-0.25, -0.2) is 4.79 Å². The predicted octanol–water partition coefficient (Wildman–Crippen LogP) is 3.93. The number of nitrogens with zero attached hydrogens (tertiary/aromatic N) is 3. The number of amides is 2. The van der Waals surface area contributed by atoms with Crippen LogP contribution in [0.4, 0.5) is 4.79 Å². The Kier molecular flexibility index (Phi) is 6.79. The van der Waals surface area contributed by atoms with Gasteiger partial charge in [0.15, 0.2) is 6.29 Å². The summed E-state index contributed by atoms with van der Waals surface area (Å²) in [6.07, 6.45) is 6.16. The minimum absolute atomic E-state index is 0.104. The molecule has 5 rings (SSSR count). The summed E-state index contributed by atoms with van der Waals surface area (Å²) in [6.45, 7) is 7.53. The first-order valence-electron chi connectivity index (χ1n) is 12.9. The van der Waals surface area contributed by atoms with Gasteiger partial charge in [-0.2, -0.15) is 0 Å². The molecule has 1 spiro atoms.